The minimum absolute atomic E-state index is 0.119. The average molecular weight is 275 g/mol. The monoisotopic (exact) mass is 274 g/mol. The summed E-state index contributed by atoms with van der Waals surface area (Å²) < 4.78 is 13.5. The molecule has 2 nitrogen and oxygen atoms in total. The molecule has 0 atom stereocenters. The number of nitrogens with one attached hydrogen (secondary N) is 1. The zero-order valence-electron chi connectivity index (χ0n) is 10.4. The number of imidazole rings is 1. The Morgan fingerprint density at radius 1 is 1.21 bits per heavy atom. The summed E-state index contributed by atoms with van der Waals surface area (Å²) in [6.07, 6.45) is 0.972. The Hall–Kier alpha value is -1.87. The van der Waals surface area contributed by atoms with Gasteiger partial charge in [0.1, 0.15) is 11.6 Å². The summed E-state index contributed by atoms with van der Waals surface area (Å²) in [6, 6.07) is 10.8. The fourth-order valence-electron chi connectivity index (χ4n) is 2.06. The van der Waals surface area contributed by atoms with Crippen LogP contribution in [0.1, 0.15) is 12.5 Å². The lowest BCUT2D eigenvalue weighted by atomic mass is 10.1. The van der Waals surface area contributed by atoms with Crippen LogP contribution in [0.25, 0.3) is 22.4 Å². The van der Waals surface area contributed by atoms with E-state index in [0.717, 1.165) is 17.5 Å². The molecule has 1 aromatic heterocycles. The van der Waals surface area contributed by atoms with E-state index >= 15 is 0 Å². The minimum atomic E-state index is -0.436. The molecule has 0 saturated heterocycles. The molecule has 0 bridgehead atoms. The number of aromatic nitrogens is 2. The molecule has 2 aromatic carbocycles. The molecule has 0 radical (unpaired) electrons. The number of hydrogen-bond acceptors (Lipinski definition) is 1. The summed E-state index contributed by atoms with van der Waals surface area (Å²) in [7, 11) is 0. The van der Waals surface area contributed by atoms with Crippen LogP contribution in [0.3, 0.4) is 0 Å². The van der Waals surface area contributed by atoms with E-state index < -0.39 is 5.82 Å². The SMILES string of the molecule is CCc1ccc2nc(-c3ccc(Cl)c(F)c3)[nH]c2c1. The Labute approximate surface area is 115 Å². The number of halogens is 2. The molecule has 0 saturated carbocycles. The second-order valence-electron chi connectivity index (χ2n) is 4.42. The summed E-state index contributed by atoms with van der Waals surface area (Å²) in [5.41, 5.74) is 3.77. The van der Waals surface area contributed by atoms with Crippen LogP contribution in [0.2, 0.25) is 5.02 Å². The van der Waals surface area contributed by atoms with E-state index in [1.54, 1.807) is 6.07 Å². The first-order valence-electron chi connectivity index (χ1n) is 6.11. The number of aryl methyl sites for hydroxylation is 1. The van der Waals surface area contributed by atoms with Gasteiger partial charge in [0.2, 0.25) is 0 Å². The fraction of sp³-hybridized carbons (Fsp3) is 0.133. The second kappa shape index (κ2) is 4.67. The number of hydrogen-bond donors (Lipinski definition) is 1. The lowest BCUT2D eigenvalue weighted by molar-refractivity contribution is 0.628. The first-order valence-corrected chi connectivity index (χ1v) is 6.49. The van der Waals surface area contributed by atoms with Crippen molar-refractivity contribution in [1.82, 2.24) is 9.97 Å². The zero-order valence-corrected chi connectivity index (χ0v) is 11.1. The molecule has 0 spiro atoms. The van der Waals surface area contributed by atoms with E-state index in [1.807, 2.05) is 6.07 Å². The summed E-state index contributed by atoms with van der Waals surface area (Å²) in [5.74, 6) is 0.215. The predicted octanol–water partition coefficient (Wildman–Crippen LogP) is 4.58. The van der Waals surface area contributed by atoms with Crippen LogP contribution in [0, 0.1) is 5.82 Å². The number of rotatable bonds is 2. The molecule has 3 aromatic rings. The van der Waals surface area contributed by atoms with Crippen molar-refractivity contribution in [3.8, 4) is 11.4 Å². The third kappa shape index (κ3) is 2.22. The highest BCUT2D eigenvalue weighted by molar-refractivity contribution is 6.30. The van der Waals surface area contributed by atoms with Crippen molar-refractivity contribution in [2.75, 3.05) is 0 Å². The van der Waals surface area contributed by atoms with Gasteiger partial charge in [0.25, 0.3) is 0 Å². The number of nitrogens with zero attached hydrogens (tertiary/aromatic N) is 1. The molecule has 1 N–H and O–H groups in total. The largest absolute Gasteiger partial charge is 0.338 e. The number of H-pyrrole nitrogens is 1. The van der Waals surface area contributed by atoms with Gasteiger partial charge in [-0.3, -0.25) is 0 Å². The van der Waals surface area contributed by atoms with E-state index in [1.165, 1.54) is 17.7 Å². The first kappa shape index (κ1) is 12.2. The van der Waals surface area contributed by atoms with E-state index in [9.17, 15) is 4.39 Å². The van der Waals surface area contributed by atoms with Gasteiger partial charge >= 0.3 is 0 Å². The summed E-state index contributed by atoms with van der Waals surface area (Å²) in [5, 5.41) is 0.119. The van der Waals surface area contributed by atoms with Crippen LogP contribution in [0.15, 0.2) is 36.4 Å². The van der Waals surface area contributed by atoms with Gasteiger partial charge in [-0.1, -0.05) is 24.6 Å². The topological polar surface area (TPSA) is 28.7 Å². The number of benzene rings is 2. The molecule has 0 aliphatic heterocycles. The Kier molecular flexibility index (Phi) is 2.99. The summed E-state index contributed by atoms with van der Waals surface area (Å²) >= 11 is 5.68. The van der Waals surface area contributed by atoms with Gasteiger partial charge in [0, 0.05) is 5.56 Å². The maximum Gasteiger partial charge on any atom is 0.142 e. The highest BCUT2D eigenvalue weighted by Gasteiger charge is 2.08. The minimum Gasteiger partial charge on any atom is -0.338 e. The van der Waals surface area contributed by atoms with Crippen molar-refractivity contribution >= 4 is 22.6 Å². The molecular formula is C15H12ClFN2. The first-order chi connectivity index (χ1) is 9.17. The molecule has 96 valence electrons. The average Bonchev–Trinajstić information content (AvgIpc) is 2.84. The van der Waals surface area contributed by atoms with Crippen molar-refractivity contribution in [1.29, 1.82) is 0 Å². The molecule has 19 heavy (non-hydrogen) atoms. The van der Waals surface area contributed by atoms with Gasteiger partial charge in [-0.25, -0.2) is 9.37 Å². The normalized spacial score (nSPS) is 11.1. The van der Waals surface area contributed by atoms with Gasteiger partial charge in [-0.2, -0.15) is 0 Å². The van der Waals surface area contributed by atoms with Crippen molar-refractivity contribution in [3.05, 3.63) is 52.8 Å². The van der Waals surface area contributed by atoms with Crippen LogP contribution in [0.5, 0.6) is 0 Å². The van der Waals surface area contributed by atoms with Crippen LogP contribution >= 0.6 is 11.6 Å². The smallest absolute Gasteiger partial charge is 0.142 e. The lowest BCUT2D eigenvalue weighted by Crippen LogP contribution is -1.83. The summed E-state index contributed by atoms with van der Waals surface area (Å²) in [4.78, 5) is 7.68. The van der Waals surface area contributed by atoms with Crippen molar-refractivity contribution in [3.63, 3.8) is 0 Å². The van der Waals surface area contributed by atoms with Gasteiger partial charge < -0.3 is 4.98 Å². The maximum absolute atomic E-state index is 13.5. The third-order valence-corrected chi connectivity index (χ3v) is 3.45. The fourth-order valence-corrected chi connectivity index (χ4v) is 2.17. The van der Waals surface area contributed by atoms with E-state index in [-0.39, 0.29) is 5.02 Å². The van der Waals surface area contributed by atoms with E-state index in [2.05, 4.69) is 29.0 Å². The molecular weight excluding hydrogens is 263 g/mol. The van der Waals surface area contributed by atoms with Gasteiger partial charge in [-0.15, -0.1) is 0 Å². The van der Waals surface area contributed by atoms with Crippen LogP contribution in [-0.4, -0.2) is 9.97 Å². The van der Waals surface area contributed by atoms with Gasteiger partial charge in [0.15, 0.2) is 0 Å². The molecule has 0 amide bonds. The predicted molar refractivity (Wildman–Crippen MR) is 75.9 cm³/mol. The van der Waals surface area contributed by atoms with E-state index in [0.29, 0.717) is 11.4 Å². The number of aromatic amines is 1. The van der Waals surface area contributed by atoms with Crippen LogP contribution in [0.4, 0.5) is 4.39 Å². The maximum atomic E-state index is 13.5. The zero-order chi connectivity index (χ0) is 13.4. The molecule has 0 aliphatic rings. The third-order valence-electron chi connectivity index (χ3n) is 3.15. The molecule has 0 aliphatic carbocycles. The van der Waals surface area contributed by atoms with E-state index in [4.69, 9.17) is 11.6 Å². The Balaban J connectivity index is 2.11. The Morgan fingerprint density at radius 2 is 2.05 bits per heavy atom. The molecule has 4 heteroatoms. The molecule has 3 rings (SSSR count). The summed E-state index contributed by atoms with van der Waals surface area (Å²) in [6.45, 7) is 2.10. The van der Waals surface area contributed by atoms with Crippen molar-refractivity contribution < 1.29 is 4.39 Å². The Bertz CT molecular complexity index is 749. The van der Waals surface area contributed by atoms with Crippen LogP contribution in [-0.2, 0) is 6.42 Å². The van der Waals surface area contributed by atoms with Crippen LogP contribution < -0.4 is 0 Å². The van der Waals surface area contributed by atoms with Crippen molar-refractivity contribution in [2.45, 2.75) is 13.3 Å². The molecule has 0 fully saturated rings. The standard InChI is InChI=1S/C15H12ClFN2/c1-2-9-3-6-13-14(7-9)19-15(18-13)10-4-5-11(16)12(17)8-10/h3-8H,2H2,1H3,(H,18,19). The van der Waals surface area contributed by atoms with Crippen molar-refractivity contribution in [2.24, 2.45) is 0 Å². The highest BCUT2D eigenvalue weighted by atomic mass is 35.5. The quantitative estimate of drug-likeness (QED) is 0.728. The second-order valence-corrected chi connectivity index (χ2v) is 4.83. The lowest BCUT2D eigenvalue weighted by Gasteiger charge is -1.98. The Morgan fingerprint density at radius 3 is 2.79 bits per heavy atom. The van der Waals surface area contributed by atoms with Gasteiger partial charge in [0.05, 0.1) is 16.1 Å². The highest BCUT2D eigenvalue weighted by Crippen LogP contribution is 2.24. The molecule has 0 unspecified atom stereocenters. The molecule has 1 heterocycles. The number of fused-ring (bicyclic) bond motifs is 1. The van der Waals surface area contributed by atoms with Gasteiger partial charge in [-0.05, 0) is 42.3 Å².